The van der Waals surface area contributed by atoms with E-state index in [9.17, 15) is 13.2 Å². The Hall–Kier alpha value is -2.13. The van der Waals surface area contributed by atoms with Crippen molar-refractivity contribution in [2.75, 3.05) is 33.4 Å². The number of ether oxygens (including phenoxy) is 2. The molecule has 1 aliphatic rings. The van der Waals surface area contributed by atoms with Crippen LogP contribution in [0.4, 0.5) is 0 Å². The predicted octanol–water partition coefficient (Wildman–Crippen LogP) is 3.26. The molecular formula is C22H27ClN2O5S. The summed E-state index contributed by atoms with van der Waals surface area (Å²) in [6.07, 6.45) is 1.58. The van der Waals surface area contributed by atoms with Crippen molar-refractivity contribution in [2.24, 2.45) is 0 Å². The van der Waals surface area contributed by atoms with Crippen molar-refractivity contribution >= 4 is 27.5 Å². The van der Waals surface area contributed by atoms with Crippen LogP contribution in [0.2, 0.25) is 5.02 Å². The van der Waals surface area contributed by atoms with Crippen molar-refractivity contribution in [3.8, 4) is 5.75 Å². The molecular weight excluding hydrogens is 440 g/mol. The summed E-state index contributed by atoms with van der Waals surface area (Å²) in [4.78, 5) is 14.1. The molecule has 0 saturated carbocycles. The first kappa shape index (κ1) is 23.5. The van der Waals surface area contributed by atoms with Crippen LogP contribution < -0.4 is 9.46 Å². The Labute approximate surface area is 188 Å². The van der Waals surface area contributed by atoms with E-state index in [1.165, 1.54) is 23.1 Å². The number of benzene rings is 2. The number of amides is 1. The fraction of sp³-hybridized carbons (Fsp3) is 0.409. The molecule has 1 aliphatic heterocycles. The highest BCUT2D eigenvalue weighted by Crippen LogP contribution is 2.24. The van der Waals surface area contributed by atoms with Crippen molar-refractivity contribution in [3.05, 3.63) is 58.6 Å². The maximum Gasteiger partial charge on any atom is 0.253 e. The zero-order valence-corrected chi connectivity index (χ0v) is 19.2. The van der Waals surface area contributed by atoms with Crippen molar-refractivity contribution in [1.29, 1.82) is 0 Å². The third-order valence-electron chi connectivity index (χ3n) is 5.06. The van der Waals surface area contributed by atoms with Gasteiger partial charge in [-0.15, -0.1) is 0 Å². The van der Waals surface area contributed by atoms with Gasteiger partial charge in [0.05, 0.1) is 17.7 Å². The molecule has 1 amide bonds. The zero-order valence-electron chi connectivity index (χ0n) is 17.6. The van der Waals surface area contributed by atoms with Crippen molar-refractivity contribution in [3.63, 3.8) is 0 Å². The topological polar surface area (TPSA) is 84.9 Å². The van der Waals surface area contributed by atoms with Gasteiger partial charge in [-0.3, -0.25) is 4.79 Å². The molecule has 1 heterocycles. The van der Waals surface area contributed by atoms with Gasteiger partial charge in [-0.05, 0) is 50.1 Å². The summed E-state index contributed by atoms with van der Waals surface area (Å²) in [5.41, 5.74) is 1.37. The molecule has 3 rings (SSSR count). The Morgan fingerprint density at radius 2 is 2.00 bits per heavy atom. The highest BCUT2D eigenvalue weighted by atomic mass is 35.5. The molecule has 7 nitrogen and oxygen atoms in total. The molecule has 2 aromatic rings. The Balaban J connectivity index is 1.61. The number of carbonyl (C=O) groups excluding carboxylic acids is 1. The minimum Gasteiger partial charge on any atom is -0.492 e. The van der Waals surface area contributed by atoms with E-state index in [0.717, 1.165) is 24.2 Å². The lowest BCUT2D eigenvalue weighted by Gasteiger charge is -2.18. The third kappa shape index (κ3) is 6.43. The van der Waals surface area contributed by atoms with Gasteiger partial charge in [-0.2, -0.15) is 0 Å². The highest BCUT2D eigenvalue weighted by molar-refractivity contribution is 7.89. The van der Waals surface area contributed by atoms with Crippen LogP contribution in [-0.2, 0) is 14.8 Å². The molecule has 0 aliphatic carbocycles. The lowest BCUT2D eigenvalue weighted by atomic mass is 10.2. The lowest BCUT2D eigenvalue weighted by molar-refractivity contribution is 0.0773. The minimum atomic E-state index is -3.87. The average molecular weight is 467 g/mol. The van der Waals surface area contributed by atoms with E-state index in [4.69, 9.17) is 21.1 Å². The molecule has 168 valence electrons. The Bertz CT molecular complexity index is 1010. The number of aryl methyl sites for hydroxylation is 1. The van der Waals surface area contributed by atoms with Crippen molar-refractivity contribution < 1.29 is 22.7 Å². The number of sulfonamides is 1. The minimum absolute atomic E-state index is 0.0572. The second-order valence-electron chi connectivity index (χ2n) is 7.52. The first-order valence-corrected chi connectivity index (χ1v) is 12.0. The van der Waals surface area contributed by atoms with Crippen molar-refractivity contribution in [1.82, 2.24) is 9.62 Å². The number of hydrogen-bond donors (Lipinski definition) is 1. The molecule has 0 aromatic heterocycles. The molecule has 1 saturated heterocycles. The molecule has 2 aromatic carbocycles. The Morgan fingerprint density at radius 1 is 1.26 bits per heavy atom. The number of nitrogens with one attached hydrogen (secondary N) is 1. The number of halogens is 1. The second-order valence-corrected chi connectivity index (χ2v) is 9.66. The van der Waals surface area contributed by atoms with Gasteiger partial charge >= 0.3 is 0 Å². The molecule has 9 heteroatoms. The maximum absolute atomic E-state index is 12.8. The van der Waals surface area contributed by atoms with Gasteiger partial charge in [-0.1, -0.05) is 29.3 Å². The van der Waals surface area contributed by atoms with E-state index in [2.05, 4.69) is 4.72 Å². The van der Waals surface area contributed by atoms with Crippen LogP contribution in [-0.4, -0.2) is 58.7 Å². The first-order chi connectivity index (χ1) is 14.8. The van der Waals surface area contributed by atoms with Crippen LogP contribution >= 0.6 is 11.6 Å². The van der Waals surface area contributed by atoms with Crippen LogP contribution in [0.25, 0.3) is 0 Å². The Morgan fingerprint density at radius 3 is 2.68 bits per heavy atom. The van der Waals surface area contributed by atoms with E-state index in [1.807, 2.05) is 31.2 Å². The summed E-state index contributed by atoms with van der Waals surface area (Å²) in [6.45, 7) is 3.46. The van der Waals surface area contributed by atoms with Crippen LogP contribution in [0.15, 0.2) is 47.4 Å². The fourth-order valence-electron chi connectivity index (χ4n) is 3.18. The average Bonchev–Trinajstić information content (AvgIpc) is 3.27. The smallest absolute Gasteiger partial charge is 0.253 e. The largest absolute Gasteiger partial charge is 0.492 e. The van der Waals surface area contributed by atoms with E-state index >= 15 is 0 Å². The fourth-order valence-corrected chi connectivity index (χ4v) is 4.77. The van der Waals surface area contributed by atoms with Gasteiger partial charge < -0.3 is 14.4 Å². The quantitative estimate of drug-likeness (QED) is 0.613. The van der Waals surface area contributed by atoms with Gasteiger partial charge in [0.1, 0.15) is 17.3 Å². The summed E-state index contributed by atoms with van der Waals surface area (Å²) in [5, 5.41) is 0.0572. The monoisotopic (exact) mass is 466 g/mol. The summed E-state index contributed by atoms with van der Waals surface area (Å²) >= 11 is 6.13. The van der Waals surface area contributed by atoms with Gasteiger partial charge in [0.15, 0.2) is 0 Å². The van der Waals surface area contributed by atoms with Gasteiger partial charge in [0.2, 0.25) is 10.0 Å². The molecule has 0 bridgehead atoms. The van der Waals surface area contributed by atoms with E-state index in [-0.39, 0.29) is 34.0 Å². The molecule has 1 fully saturated rings. The van der Waals surface area contributed by atoms with Gasteiger partial charge in [0, 0.05) is 25.8 Å². The maximum atomic E-state index is 12.8. The summed E-state index contributed by atoms with van der Waals surface area (Å²) in [6, 6.07) is 11.9. The molecule has 0 spiro atoms. The second kappa shape index (κ2) is 10.5. The summed E-state index contributed by atoms with van der Waals surface area (Å²) in [5.74, 6) is 0.406. The third-order valence-corrected chi connectivity index (χ3v) is 6.96. The summed E-state index contributed by atoms with van der Waals surface area (Å²) < 4.78 is 39.1. The molecule has 1 unspecified atom stereocenters. The standard InChI is InChI=1S/C22H27ClN2O5S/c1-16-5-8-18(9-6-16)30-13-11-25(2)22(26)17-7-10-20(23)21(14-17)31(27,28)24-15-19-4-3-12-29-19/h5-10,14,19,24H,3-4,11-13,15H2,1-2H3. The zero-order chi connectivity index (χ0) is 22.4. The van der Waals surface area contributed by atoms with Crippen LogP contribution in [0.5, 0.6) is 5.75 Å². The van der Waals surface area contributed by atoms with Crippen molar-refractivity contribution in [2.45, 2.75) is 30.8 Å². The van der Waals surface area contributed by atoms with Crippen LogP contribution in [0, 0.1) is 6.92 Å². The number of rotatable bonds is 9. The van der Waals surface area contributed by atoms with E-state index in [0.29, 0.717) is 19.8 Å². The van der Waals surface area contributed by atoms with Crippen LogP contribution in [0.1, 0.15) is 28.8 Å². The van der Waals surface area contributed by atoms with Gasteiger partial charge in [-0.25, -0.2) is 13.1 Å². The lowest BCUT2D eigenvalue weighted by Crippen LogP contribution is -2.33. The predicted molar refractivity (Wildman–Crippen MR) is 119 cm³/mol. The number of likely N-dealkylation sites (N-methyl/N-ethyl adjacent to an activating group) is 1. The number of hydrogen-bond acceptors (Lipinski definition) is 5. The molecule has 1 atom stereocenters. The summed E-state index contributed by atoms with van der Waals surface area (Å²) in [7, 11) is -2.24. The normalized spacial score (nSPS) is 16.3. The molecule has 1 N–H and O–H groups in total. The SMILES string of the molecule is Cc1ccc(OCCN(C)C(=O)c2ccc(Cl)c(S(=O)(=O)NCC3CCCO3)c2)cc1. The molecule has 31 heavy (non-hydrogen) atoms. The highest BCUT2D eigenvalue weighted by Gasteiger charge is 2.24. The number of carbonyl (C=O) groups is 1. The first-order valence-electron chi connectivity index (χ1n) is 10.1. The van der Waals surface area contributed by atoms with E-state index < -0.39 is 10.0 Å². The van der Waals surface area contributed by atoms with E-state index in [1.54, 1.807) is 7.05 Å². The van der Waals surface area contributed by atoms with Crippen LogP contribution in [0.3, 0.4) is 0 Å². The molecule has 0 radical (unpaired) electrons. The Kier molecular flexibility index (Phi) is 7.94. The van der Waals surface area contributed by atoms with Gasteiger partial charge in [0.25, 0.3) is 5.91 Å². The number of nitrogens with zero attached hydrogens (tertiary/aromatic N) is 1.